The van der Waals surface area contributed by atoms with Gasteiger partial charge in [0.25, 0.3) is 0 Å². The van der Waals surface area contributed by atoms with Crippen LogP contribution < -0.4 is 5.73 Å². The smallest absolute Gasteiger partial charge is 0.235 e. The minimum atomic E-state index is -0.386. The molecule has 0 fully saturated rings. The Balaban J connectivity index is 2.12. The summed E-state index contributed by atoms with van der Waals surface area (Å²) < 4.78 is 0. The highest BCUT2D eigenvalue weighted by atomic mass is 35.5. The first-order valence-corrected chi connectivity index (χ1v) is 7.78. The molecule has 2 N–H and O–H groups in total. The Morgan fingerprint density at radius 2 is 1.85 bits per heavy atom. The first-order chi connectivity index (χ1) is 9.58. The predicted octanol–water partition coefficient (Wildman–Crippen LogP) is 4.45. The summed E-state index contributed by atoms with van der Waals surface area (Å²) in [6, 6.07) is 14.8. The molecular weight excluding hydrogens is 313 g/mol. The van der Waals surface area contributed by atoms with Crippen LogP contribution >= 0.6 is 35.0 Å². The van der Waals surface area contributed by atoms with Gasteiger partial charge in [0.2, 0.25) is 5.91 Å². The van der Waals surface area contributed by atoms with Gasteiger partial charge < -0.3 is 5.73 Å². The van der Waals surface area contributed by atoms with Crippen LogP contribution in [0.15, 0.2) is 48.5 Å². The standard InChI is InChI=1S/C15H13Cl2NOS/c16-12-7-6-11(13(17)8-12)9-20-14(15(18)19)10-4-2-1-3-5-10/h1-8,14H,9H2,(H2,18,19). The van der Waals surface area contributed by atoms with E-state index in [0.29, 0.717) is 15.8 Å². The molecule has 0 saturated heterocycles. The lowest BCUT2D eigenvalue weighted by Crippen LogP contribution is -2.19. The van der Waals surface area contributed by atoms with Gasteiger partial charge in [-0.25, -0.2) is 0 Å². The van der Waals surface area contributed by atoms with E-state index in [4.69, 9.17) is 28.9 Å². The Labute approximate surface area is 132 Å². The zero-order valence-electron chi connectivity index (χ0n) is 10.6. The second-order valence-corrected chi connectivity index (χ2v) is 6.18. The highest BCUT2D eigenvalue weighted by molar-refractivity contribution is 7.99. The van der Waals surface area contributed by atoms with Crippen LogP contribution in [0.1, 0.15) is 16.4 Å². The van der Waals surface area contributed by atoms with Crippen molar-refractivity contribution in [1.82, 2.24) is 0 Å². The normalized spacial score (nSPS) is 12.1. The van der Waals surface area contributed by atoms with Gasteiger partial charge in [0, 0.05) is 15.8 Å². The maximum absolute atomic E-state index is 11.6. The summed E-state index contributed by atoms with van der Waals surface area (Å²) >= 11 is 13.4. The van der Waals surface area contributed by atoms with Gasteiger partial charge in [-0.2, -0.15) is 0 Å². The van der Waals surface area contributed by atoms with Crippen molar-refractivity contribution in [2.24, 2.45) is 5.73 Å². The Bertz CT molecular complexity index is 604. The Morgan fingerprint density at radius 3 is 2.45 bits per heavy atom. The molecule has 0 heterocycles. The number of rotatable bonds is 5. The van der Waals surface area contributed by atoms with Crippen molar-refractivity contribution in [1.29, 1.82) is 0 Å². The van der Waals surface area contributed by atoms with Crippen LogP contribution in [0.25, 0.3) is 0 Å². The van der Waals surface area contributed by atoms with Crippen LogP contribution in [0.4, 0.5) is 0 Å². The zero-order chi connectivity index (χ0) is 14.5. The highest BCUT2D eigenvalue weighted by Gasteiger charge is 2.18. The summed E-state index contributed by atoms with van der Waals surface area (Å²) in [6.45, 7) is 0. The topological polar surface area (TPSA) is 43.1 Å². The van der Waals surface area contributed by atoms with Crippen LogP contribution in [0.3, 0.4) is 0 Å². The summed E-state index contributed by atoms with van der Waals surface area (Å²) in [7, 11) is 0. The van der Waals surface area contributed by atoms with Gasteiger partial charge in [0.05, 0.1) is 0 Å². The van der Waals surface area contributed by atoms with Crippen LogP contribution in [-0.2, 0) is 10.5 Å². The number of thioether (sulfide) groups is 1. The molecule has 0 radical (unpaired) electrons. The molecule has 20 heavy (non-hydrogen) atoms. The lowest BCUT2D eigenvalue weighted by Gasteiger charge is -2.14. The first-order valence-electron chi connectivity index (χ1n) is 5.97. The molecule has 2 nitrogen and oxygen atoms in total. The molecule has 1 atom stereocenters. The summed E-state index contributed by atoms with van der Waals surface area (Å²) in [5.41, 5.74) is 7.31. The molecule has 1 amide bonds. The van der Waals surface area contributed by atoms with Crippen LogP contribution in [0, 0.1) is 0 Å². The molecule has 0 spiro atoms. The van der Waals surface area contributed by atoms with Crippen molar-refractivity contribution in [3.8, 4) is 0 Å². The molecular formula is C15H13Cl2NOS. The third-order valence-corrected chi connectivity index (χ3v) is 4.68. The average Bonchev–Trinajstić information content (AvgIpc) is 2.42. The van der Waals surface area contributed by atoms with Gasteiger partial charge >= 0.3 is 0 Å². The van der Waals surface area contributed by atoms with E-state index in [0.717, 1.165) is 11.1 Å². The quantitative estimate of drug-likeness (QED) is 0.882. The molecule has 0 bridgehead atoms. The predicted molar refractivity (Wildman–Crippen MR) is 86.1 cm³/mol. The molecule has 0 aliphatic rings. The van der Waals surface area contributed by atoms with E-state index in [1.807, 2.05) is 36.4 Å². The number of hydrogen-bond acceptors (Lipinski definition) is 2. The number of primary amides is 1. The largest absolute Gasteiger partial charge is 0.368 e. The van der Waals surface area contributed by atoms with E-state index in [1.165, 1.54) is 11.8 Å². The van der Waals surface area contributed by atoms with Gasteiger partial charge in [0.1, 0.15) is 5.25 Å². The molecule has 5 heteroatoms. The Morgan fingerprint density at radius 1 is 1.15 bits per heavy atom. The molecule has 2 aromatic rings. The van der Waals surface area contributed by atoms with Gasteiger partial charge in [-0.1, -0.05) is 59.6 Å². The van der Waals surface area contributed by atoms with Gasteiger partial charge in [0.15, 0.2) is 0 Å². The number of benzene rings is 2. The van der Waals surface area contributed by atoms with Crippen LogP contribution in [-0.4, -0.2) is 5.91 Å². The van der Waals surface area contributed by atoms with Crippen LogP contribution in [0.5, 0.6) is 0 Å². The van der Waals surface area contributed by atoms with Crippen molar-refractivity contribution in [2.75, 3.05) is 0 Å². The van der Waals surface area contributed by atoms with E-state index in [-0.39, 0.29) is 11.2 Å². The molecule has 0 aliphatic carbocycles. The number of hydrogen-bond donors (Lipinski definition) is 1. The Kier molecular flexibility index (Phi) is 5.35. The maximum Gasteiger partial charge on any atom is 0.235 e. The molecule has 2 rings (SSSR count). The summed E-state index contributed by atoms with van der Waals surface area (Å²) in [4.78, 5) is 11.6. The summed E-state index contributed by atoms with van der Waals surface area (Å²) in [5.74, 6) is 0.240. The third kappa shape index (κ3) is 3.92. The highest BCUT2D eigenvalue weighted by Crippen LogP contribution is 2.33. The fourth-order valence-electron chi connectivity index (χ4n) is 1.78. The van der Waals surface area contributed by atoms with E-state index in [1.54, 1.807) is 12.1 Å². The molecule has 104 valence electrons. The number of carbonyl (C=O) groups excluding carboxylic acids is 1. The third-order valence-electron chi connectivity index (χ3n) is 2.78. The number of amides is 1. The summed E-state index contributed by atoms with van der Waals surface area (Å²) in [6.07, 6.45) is 0. The van der Waals surface area contributed by atoms with Crippen molar-refractivity contribution in [2.45, 2.75) is 11.0 Å². The zero-order valence-corrected chi connectivity index (χ0v) is 12.9. The molecule has 0 aliphatic heterocycles. The Hall–Kier alpha value is -1.16. The van der Waals surface area contributed by atoms with E-state index in [9.17, 15) is 4.79 Å². The van der Waals surface area contributed by atoms with Crippen molar-refractivity contribution >= 4 is 40.9 Å². The first kappa shape index (κ1) is 15.2. The number of halogens is 2. The fourth-order valence-corrected chi connectivity index (χ4v) is 3.45. The van der Waals surface area contributed by atoms with Crippen molar-refractivity contribution in [3.63, 3.8) is 0 Å². The fraction of sp³-hybridized carbons (Fsp3) is 0.133. The average molecular weight is 326 g/mol. The number of carbonyl (C=O) groups is 1. The molecule has 1 unspecified atom stereocenters. The van der Waals surface area contributed by atoms with E-state index in [2.05, 4.69) is 0 Å². The maximum atomic E-state index is 11.6. The lowest BCUT2D eigenvalue weighted by atomic mass is 10.1. The van der Waals surface area contributed by atoms with E-state index >= 15 is 0 Å². The van der Waals surface area contributed by atoms with Crippen molar-refractivity contribution in [3.05, 3.63) is 69.7 Å². The van der Waals surface area contributed by atoms with Crippen molar-refractivity contribution < 1.29 is 4.79 Å². The second kappa shape index (κ2) is 7.02. The van der Waals surface area contributed by atoms with Gasteiger partial charge in [-0.15, -0.1) is 11.8 Å². The lowest BCUT2D eigenvalue weighted by molar-refractivity contribution is -0.117. The minimum absolute atomic E-state index is 0.355. The van der Waals surface area contributed by atoms with E-state index < -0.39 is 0 Å². The van der Waals surface area contributed by atoms with Gasteiger partial charge in [-0.05, 0) is 23.3 Å². The SMILES string of the molecule is NC(=O)C(SCc1ccc(Cl)cc1Cl)c1ccccc1. The van der Waals surface area contributed by atoms with Crippen LogP contribution in [0.2, 0.25) is 10.0 Å². The number of nitrogens with two attached hydrogens (primary N) is 1. The monoisotopic (exact) mass is 325 g/mol. The minimum Gasteiger partial charge on any atom is -0.368 e. The molecule has 0 saturated carbocycles. The molecule has 2 aromatic carbocycles. The van der Waals surface area contributed by atoms with Gasteiger partial charge in [-0.3, -0.25) is 4.79 Å². The summed E-state index contributed by atoms with van der Waals surface area (Å²) in [5, 5.41) is 0.808. The second-order valence-electron chi connectivity index (χ2n) is 4.24. The molecule has 0 aromatic heterocycles.